The van der Waals surface area contributed by atoms with Crippen molar-refractivity contribution in [3.05, 3.63) is 76.0 Å². The molecule has 0 spiro atoms. The molecule has 12 nitrogen and oxygen atoms in total. The molecule has 0 bridgehead atoms. The van der Waals surface area contributed by atoms with Crippen molar-refractivity contribution >= 4 is 23.3 Å². The molecule has 3 rings (SSSR count). The van der Waals surface area contributed by atoms with Crippen LogP contribution in [0.1, 0.15) is 45.8 Å². The smallest absolute Gasteiger partial charge is 0.278 e. The van der Waals surface area contributed by atoms with E-state index in [2.05, 4.69) is 25.7 Å². The monoisotopic (exact) mass is 438 g/mol. The Kier molecular flexibility index (Phi) is 7.06. The molecule has 1 aromatic carbocycles. The van der Waals surface area contributed by atoms with E-state index in [-0.39, 0.29) is 17.4 Å². The van der Waals surface area contributed by atoms with Gasteiger partial charge in [0.1, 0.15) is 6.04 Å². The molecule has 0 aliphatic heterocycles. The summed E-state index contributed by atoms with van der Waals surface area (Å²) in [4.78, 5) is 43.2. The van der Waals surface area contributed by atoms with Crippen LogP contribution in [-0.2, 0) is 0 Å². The summed E-state index contributed by atoms with van der Waals surface area (Å²) in [5.74, 6) is -0.874. The standard InChI is InChI=1S/C20H22N8O4/c1-2-6-24-19(29)14-5-3-4-13(9-14)16(12-28(31)32)27-11-15(10-25-27)26-20(30)17-18(21)23-8-7-22-17/h3-5,7-11,16H,2,6,12H2,1H3,(H2,21,23)(H,24,29)(H,26,30). The highest BCUT2D eigenvalue weighted by Gasteiger charge is 2.23. The van der Waals surface area contributed by atoms with Crippen molar-refractivity contribution in [1.29, 1.82) is 0 Å². The maximum Gasteiger partial charge on any atom is 0.278 e. The van der Waals surface area contributed by atoms with Gasteiger partial charge in [0.05, 0.1) is 11.9 Å². The van der Waals surface area contributed by atoms with Gasteiger partial charge in [-0.1, -0.05) is 19.1 Å². The maximum atomic E-state index is 12.4. The van der Waals surface area contributed by atoms with Gasteiger partial charge in [-0.25, -0.2) is 9.97 Å². The summed E-state index contributed by atoms with van der Waals surface area (Å²) in [6, 6.07) is 5.78. The third-order valence-corrected chi connectivity index (χ3v) is 4.51. The molecule has 2 amide bonds. The minimum absolute atomic E-state index is 0.0261. The number of aromatic nitrogens is 4. The molecule has 1 atom stereocenters. The Hall–Kier alpha value is -4.35. The van der Waals surface area contributed by atoms with Crippen molar-refractivity contribution in [2.24, 2.45) is 0 Å². The van der Waals surface area contributed by atoms with Gasteiger partial charge in [-0.15, -0.1) is 0 Å². The summed E-state index contributed by atoms with van der Waals surface area (Å²) in [6.45, 7) is 2.00. The Morgan fingerprint density at radius 3 is 2.75 bits per heavy atom. The van der Waals surface area contributed by atoms with Crippen molar-refractivity contribution in [1.82, 2.24) is 25.1 Å². The first-order valence-electron chi connectivity index (χ1n) is 9.81. The van der Waals surface area contributed by atoms with Crippen LogP contribution in [0.4, 0.5) is 11.5 Å². The number of carbonyl (C=O) groups is 2. The van der Waals surface area contributed by atoms with Gasteiger partial charge >= 0.3 is 0 Å². The molecule has 0 aliphatic carbocycles. The van der Waals surface area contributed by atoms with Crippen LogP contribution in [0, 0.1) is 10.1 Å². The lowest BCUT2D eigenvalue weighted by molar-refractivity contribution is -0.484. The van der Waals surface area contributed by atoms with Crippen LogP contribution in [-0.4, -0.2) is 49.6 Å². The number of hydrogen-bond acceptors (Lipinski definition) is 8. The number of nitrogens with two attached hydrogens (primary N) is 1. The van der Waals surface area contributed by atoms with Crippen LogP contribution in [0.2, 0.25) is 0 Å². The van der Waals surface area contributed by atoms with Gasteiger partial charge in [-0.2, -0.15) is 5.10 Å². The molecule has 0 saturated carbocycles. The number of nitrogens with one attached hydrogen (secondary N) is 2. The highest BCUT2D eigenvalue weighted by atomic mass is 16.6. The minimum atomic E-state index is -0.795. The molecule has 2 aromatic heterocycles. The minimum Gasteiger partial charge on any atom is -0.382 e. The lowest BCUT2D eigenvalue weighted by atomic mass is 10.0. The summed E-state index contributed by atoms with van der Waals surface area (Å²) in [7, 11) is 0. The second-order valence-corrected chi connectivity index (χ2v) is 6.87. The Morgan fingerprint density at radius 2 is 2.03 bits per heavy atom. The zero-order valence-corrected chi connectivity index (χ0v) is 17.3. The van der Waals surface area contributed by atoms with E-state index in [1.54, 1.807) is 24.3 Å². The first kappa shape index (κ1) is 22.3. The summed E-state index contributed by atoms with van der Waals surface area (Å²) in [6.07, 6.45) is 6.31. The van der Waals surface area contributed by atoms with Crippen LogP contribution in [0.15, 0.2) is 49.1 Å². The second-order valence-electron chi connectivity index (χ2n) is 6.87. The molecule has 166 valence electrons. The van der Waals surface area contributed by atoms with Crippen LogP contribution in [0.3, 0.4) is 0 Å². The van der Waals surface area contributed by atoms with Gasteiger partial charge < -0.3 is 16.4 Å². The van der Waals surface area contributed by atoms with Gasteiger partial charge in [0.15, 0.2) is 11.5 Å². The van der Waals surface area contributed by atoms with Crippen molar-refractivity contribution in [3.63, 3.8) is 0 Å². The fourth-order valence-corrected chi connectivity index (χ4v) is 3.00. The second kappa shape index (κ2) is 10.1. The third-order valence-electron chi connectivity index (χ3n) is 4.51. The summed E-state index contributed by atoms with van der Waals surface area (Å²) < 4.78 is 1.36. The number of rotatable bonds is 9. The van der Waals surface area contributed by atoms with Crippen LogP contribution in [0.25, 0.3) is 0 Å². The van der Waals surface area contributed by atoms with E-state index >= 15 is 0 Å². The molecule has 2 heterocycles. The van der Waals surface area contributed by atoms with E-state index in [1.807, 2.05) is 6.92 Å². The fourth-order valence-electron chi connectivity index (χ4n) is 3.00. The number of benzene rings is 1. The molecule has 0 fully saturated rings. The first-order valence-corrected chi connectivity index (χ1v) is 9.81. The van der Waals surface area contributed by atoms with Gasteiger partial charge in [-0.05, 0) is 24.1 Å². The van der Waals surface area contributed by atoms with Crippen molar-refractivity contribution in [3.8, 4) is 0 Å². The summed E-state index contributed by atoms with van der Waals surface area (Å²) in [5.41, 5.74) is 6.84. The maximum absolute atomic E-state index is 12.4. The van der Waals surface area contributed by atoms with E-state index in [0.29, 0.717) is 23.4 Å². The van der Waals surface area contributed by atoms with E-state index in [4.69, 9.17) is 5.73 Å². The van der Waals surface area contributed by atoms with E-state index in [1.165, 1.54) is 29.5 Å². The number of carbonyl (C=O) groups excluding carboxylic acids is 2. The molecular weight excluding hydrogens is 416 g/mol. The Morgan fingerprint density at radius 1 is 1.25 bits per heavy atom. The predicted octanol–water partition coefficient (Wildman–Crippen LogP) is 1.51. The molecule has 0 saturated heterocycles. The zero-order valence-electron chi connectivity index (χ0n) is 17.3. The largest absolute Gasteiger partial charge is 0.382 e. The molecule has 1 unspecified atom stereocenters. The van der Waals surface area contributed by atoms with Gasteiger partial charge in [0.2, 0.25) is 6.54 Å². The van der Waals surface area contributed by atoms with Crippen LogP contribution in [0.5, 0.6) is 0 Å². The topological polar surface area (TPSA) is 171 Å². The molecule has 32 heavy (non-hydrogen) atoms. The summed E-state index contributed by atoms with van der Waals surface area (Å²) >= 11 is 0. The molecule has 3 aromatic rings. The normalized spacial score (nSPS) is 11.5. The average Bonchev–Trinajstić information content (AvgIpc) is 3.24. The molecular formula is C20H22N8O4. The van der Waals surface area contributed by atoms with E-state index in [9.17, 15) is 19.7 Å². The van der Waals surface area contributed by atoms with Gasteiger partial charge in [0, 0.05) is 35.6 Å². The quantitative estimate of drug-likeness (QED) is 0.333. The third kappa shape index (κ3) is 5.41. The van der Waals surface area contributed by atoms with Crippen LogP contribution >= 0.6 is 0 Å². The Labute approximate surface area is 183 Å². The van der Waals surface area contributed by atoms with E-state index in [0.717, 1.165) is 6.42 Å². The number of amides is 2. The number of nitro groups is 1. The van der Waals surface area contributed by atoms with Crippen LogP contribution < -0.4 is 16.4 Å². The number of hydrogen-bond donors (Lipinski definition) is 3. The van der Waals surface area contributed by atoms with Crippen molar-refractivity contribution in [2.75, 3.05) is 24.1 Å². The molecule has 12 heteroatoms. The van der Waals surface area contributed by atoms with E-state index < -0.39 is 23.4 Å². The molecule has 4 N–H and O–H groups in total. The van der Waals surface area contributed by atoms with Crippen molar-refractivity contribution < 1.29 is 14.5 Å². The van der Waals surface area contributed by atoms with Gasteiger partial charge in [-0.3, -0.25) is 24.4 Å². The SMILES string of the molecule is CCCNC(=O)c1cccc(C(C[N+](=O)[O-])n2cc(NC(=O)c3nccnc3N)cn2)c1. The Balaban J connectivity index is 1.84. The Bertz CT molecular complexity index is 1130. The molecule has 0 aliphatic rings. The number of nitrogen functional groups attached to an aromatic ring is 1. The number of anilines is 2. The average molecular weight is 438 g/mol. The predicted molar refractivity (Wildman–Crippen MR) is 116 cm³/mol. The van der Waals surface area contributed by atoms with Crippen molar-refractivity contribution in [2.45, 2.75) is 19.4 Å². The highest BCUT2D eigenvalue weighted by Crippen LogP contribution is 2.22. The first-order chi connectivity index (χ1) is 15.4. The lowest BCUT2D eigenvalue weighted by Crippen LogP contribution is -2.25. The zero-order chi connectivity index (χ0) is 23.1. The fraction of sp³-hybridized carbons (Fsp3) is 0.250. The summed E-state index contributed by atoms with van der Waals surface area (Å²) in [5, 5.41) is 20.8. The van der Waals surface area contributed by atoms with Gasteiger partial charge in [0.25, 0.3) is 11.8 Å². The molecule has 0 radical (unpaired) electrons. The lowest BCUT2D eigenvalue weighted by Gasteiger charge is -2.15. The number of nitrogens with zero attached hydrogens (tertiary/aromatic N) is 5. The highest BCUT2D eigenvalue weighted by molar-refractivity contribution is 6.05.